The molecule has 2 amide bonds. The van der Waals surface area contributed by atoms with E-state index in [1.807, 2.05) is 6.07 Å². The maximum atomic E-state index is 12.9. The van der Waals surface area contributed by atoms with Crippen molar-refractivity contribution in [3.8, 4) is 0 Å². The zero-order valence-electron chi connectivity index (χ0n) is 26.5. The van der Waals surface area contributed by atoms with Crippen molar-refractivity contribution in [2.45, 2.75) is 130 Å². The van der Waals surface area contributed by atoms with Crippen molar-refractivity contribution in [1.82, 2.24) is 10.6 Å². The third-order valence-corrected chi connectivity index (χ3v) is 5.18. The Balaban J connectivity index is 2.85. The highest BCUT2D eigenvalue weighted by Crippen LogP contribution is 2.15. The second-order valence-electron chi connectivity index (χ2n) is 13.0. The molecule has 0 aromatic heterocycles. The van der Waals surface area contributed by atoms with Crippen molar-refractivity contribution in [2.75, 3.05) is 0 Å². The minimum Gasteiger partial charge on any atom is -0.460 e. The standard InChI is InChI=1S/C31H48N2O9/c1-29(2,3)40-25(35)17-13-16-22(26(36)41-30(4,5)6)32-24(34)19-18-23(27(37)42-31(7,8)9)33-28(38)39-20-21-14-11-10-12-15-21/h10-12,14-15,22-23H,13,16-20H2,1-9H3,(H,32,34)(H,33,38)/t22-,23+/m1/s1. The predicted molar refractivity (Wildman–Crippen MR) is 156 cm³/mol. The quantitative estimate of drug-likeness (QED) is 0.245. The summed E-state index contributed by atoms with van der Waals surface area (Å²) < 4.78 is 21.4. The molecular formula is C31H48N2O9. The number of benzene rings is 1. The van der Waals surface area contributed by atoms with Gasteiger partial charge in [-0.05, 0) is 87.1 Å². The third kappa shape index (κ3) is 17.2. The van der Waals surface area contributed by atoms with E-state index in [2.05, 4.69) is 10.6 Å². The van der Waals surface area contributed by atoms with E-state index in [4.69, 9.17) is 18.9 Å². The van der Waals surface area contributed by atoms with Crippen LogP contribution in [0.4, 0.5) is 4.79 Å². The number of carbonyl (C=O) groups excluding carboxylic acids is 5. The van der Waals surface area contributed by atoms with E-state index in [0.717, 1.165) is 5.56 Å². The molecule has 0 bridgehead atoms. The van der Waals surface area contributed by atoms with Gasteiger partial charge >= 0.3 is 24.0 Å². The summed E-state index contributed by atoms with van der Waals surface area (Å²) in [5.74, 6) is -2.34. The van der Waals surface area contributed by atoms with E-state index in [9.17, 15) is 24.0 Å². The van der Waals surface area contributed by atoms with Gasteiger partial charge in [-0.2, -0.15) is 0 Å². The van der Waals surface area contributed by atoms with Crippen LogP contribution in [0.2, 0.25) is 0 Å². The van der Waals surface area contributed by atoms with Gasteiger partial charge in [0.05, 0.1) is 0 Å². The molecule has 2 N–H and O–H groups in total. The van der Waals surface area contributed by atoms with Crippen molar-refractivity contribution in [2.24, 2.45) is 0 Å². The summed E-state index contributed by atoms with van der Waals surface area (Å²) in [5, 5.41) is 5.12. The van der Waals surface area contributed by atoms with Gasteiger partial charge in [0.25, 0.3) is 0 Å². The normalized spacial score (nSPS) is 13.3. The van der Waals surface area contributed by atoms with Crippen LogP contribution in [-0.2, 0) is 44.7 Å². The monoisotopic (exact) mass is 592 g/mol. The number of amides is 2. The lowest BCUT2D eigenvalue weighted by molar-refractivity contribution is -0.160. The van der Waals surface area contributed by atoms with Crippen LogP contribution in [0.3, 0.4) is 0 Å². The molecule has 0 fully saturated rings. The van der Waals surface area contributed by atoms with Crippen molar-refractivity contribution >= 4 is 29.9 Å². The average Bonchev–Trinajstić information content (AvgIpc) is 2.82. The number of carbonyl (C=O) groups is 5. The predicted octanol–water partition coefficient (Wildman–Crippen LogP) is 4.74. The lowest BCUT2D eigenvalue weighted by Crippen LogP contribution is -2.46. The summed E-state index contributed by atoms with van der Waals surface area (Å²) in [6.07, 6.45) is -0.700. The molecule has 0 spiro atoms. The molecule has 0 radical (unpaired) electrons. The van der Waals surface area contributed by atoms with E-state index in [1.165, 1.54) is 0 Å². The molecule has 42 heavy (non-hydrogen) atoms. The highest BCUT2D eigenvalue weighted by atomic mass is 16.6. The van der Waals surface area contributed by atoms with Crippen molar-refractivity contribution in [1.29, 1.82) is 0 Å². The first kappa shape index (κ1) is 36.4. The van der Waals surface area contributed by atoms with Gasteiger partial charge in [-0.1, -0.05) is 30.3 Å². The molecule has 0 aliphatic rings. The number of hydrogen-bond acceptors (Lipinski definition) is 9. The minimum atomic E-state index is -1.18. The van der Waals surface area contributed by atoms with Crippen LogP contribution in [0.5, 0.6) is 0 Å². The molecule has 0 saturated carbocycles. The van der Waals surface area contributed by atoms with E-state index < -0.39 is 58.8 Å². The molecule has 11 nitrogen and oxygen atoms in total. The highest BCUT2D eigenvalue weighted by Gasteiger charge is 2.30. The number of hydrogen-bond donors (Lipinski definition) is 2. The highest BCUT2D eigenvalue weighted by molar-refractivity contribution is 5.86. The van der Waals surface area contributed by atoms with Crippen LogP contribution in [0.15, 0.2) is 30.3 Å². The third-order valence-electron chi connectivity index (χ3n) is 5.18. The fourth-order valence-corrected chi connectivity index (χ4v) is 3.54. The lowest BCUT2D eigenvalue weighted by atomic mass is 10.1. The molecule has 0 unspecified atom stereocenters. The SMILES string of the molecule is CC(C)(C)OC(=O)CCC[C@@H](NC(=O)CC[C@H](NC(=O)OCc1ccccc1)C(=O)OC(C)(C)C)C(=O)OC(C)(C)C. The Bertz CT molecular complexity index is 1050. The van der Waals surface area contributed by atoms with Crippen LogP contribution in [0, 0.1) is 0 Å². The maximum Gasteiger partial charge on any atom is 0.408 e. The van der Waals surface area contributed by atoms with Gasteiger partial charge in [0.15, 0.2) is 0 Å². The minimum absolute atomic E-state index is 0.00490. The second-order valence-corrected chi connectivity index (χ2v) is 13.0. The Kier molecular flexibility index (Phi) is 14.0. The number of esters is 3. The zero-order valence-corrected chi connectivity index (χ0v) is 26.5. The molecule has 0 aliphatic carbocycles. The van der Waals surface area contributed by atoms with Gasteiger partial charge in [-0.15, -0.1) is 0 Å². The number of rotatable bonds is 13. The van der Waals surface area contributed by atoms with Crippen LogP contribution < -0.4 is 10.6 Å². The molecule has 1 rings (SSSR count). The zero-order chi connectivity index (χ0) is 32.1. The van der Waals surface area contributed by atoms with Crippen LogP contribution in [0.1, 0.15) is 100.0 Å². The number of alkyl carbamates (subject to hydrolysis) is 1. The van der Waals surface area contributed by atoms with Gasteiger partial charge in [0.1, 0.15) is 35.5 Å². The molecule has 0 saturated heterocycles. The second kappa shape index (κ2) is 16.1. The van der Waals surface area contributed by atoms with Crippen LogP contribution >= 0.6 is 0 Å². The summed E-state index contributed by atoms with van der Waals surface area (Å²) in [6, 6.07) is 6.83. The fraction of sp³-hybridized carbons (Fsp3) is 0.645. The fourth-order valence-electron chi connectivity index (χ4n) is 3.54. The van der Waals surface area contributed by atoms with Gasteiger partial charge in [-0.3, -0.25) is 9.59 Å². The summed E-state index contributed by atoms with van der Waals surface area (Å²) >= 11 is 0. The van der Waals surface area contributed by atoms with Crippen molar-refractivity contribution in [3.63, 3.8) is 0 Å². The first-order valence-electron chi connectivity index (χ1n) is 14.2. The molecule has 0 aliphatic heterocycles. The van der Waals surface area contributed by atoms with E-state index in [1.54, 1.807) is 86.6 Å². The van der Waals surface area contributed by atoms with E-state index >= 15 is 0 Å². The van der Waals surface area contributed by atoms with Crippen molar-refractivity contribution in [3.05, 3.63) is 35.9 Å². The lowest BCUT2D eigenvalue weighted by Gasteiger charge is -2.26. The molecule has 1 aromatic rings. The van der Waals surface area contributed by atoms with Crippen LogP contribution in [0.25, 0.3) is 0 Å². The van der Waals surface area contributed by atoms with Gasteiger partial charge in [0, 0.05) is 12.8 Å². The molecule has 11 heteroatoms. The molecule has 1 aromatic carbocycles. The largest absolute Gasteiger partial charge is 0.460 e. The topological polar surface area (TPSA) is 146 Å². The Morgan fingerprint density at radius 2 is 1.17 bits per heavy atom. The van der Waals surface area contributed by atoms with E-state index in [0.29, 0.717) is 0 Å². The van der Waals surface area contributed by atoms with Gasteiger partial charge < -0.3 is 29.6 Å². The number of ether oxygens (including phenoxy) is 4. The Morgan fingerprint density at radius 3 is 1.67 bits per heavy atom. The van der Waals surface area contributed by atoms with Gasteiger partial charge in [-0.25, -0.2) is 14.4 Å². The Hall–Kier alpha value is -3.63. The molecule has 2 atom stereocenters. The Labute approximate surface area is 249 Å². The molecular weight excluding hydrogens is 544 g/mol. The summed E-state index contributed by atoms with van der Waals surface area (Å²) in [4.78, 5) is 63.1. The summed E-state index contributed by atoms with van der Waals surface area (Å²) in [7, 11) is 0. The van der Waals surface area contributed by atoms with Gasteiger partial charge in [0.2, 0.25) is 5.91 Å². The average molecular weight is 593 g/mol. The summed E-state index contributed by atoms with van der Waals surface area (Å²) in [6.45, 7) is 15.5. The van der Waals surface area contributed by atoms with E-state index in [-0.39, 0.29) is 38.7 Å². The smallest absolute Gasteiger partial charge is 0.408 e. The van der Waals surface area contributed by atoms with Crippen LogP contribution in [-0.4, -0.2) is 58.8 Å². The molecule has 0 heterocycles. The number of nitrogens with one attached hydrogen (secondary N) is 2. The molecule has 236 valence electrons. The van der Waals surface area contributed by atoms with Crippen molar-refractivity contribution < 1.29 is 42.9 Å². The first-order chi connectivity index (χ1) is 19.2. The maximum absolute atomic E-state index is 12.9. The first-order valence-corrected chi connectivity index (χ1v) is 14.2. The summed E-state index contributed by atoms with van der Waals surface area (Å²) in [5.41, 5.74) is -1.50. The Morgan fingerprint density at radius 1 is 0.667 bits per heavy atom.